The first kappa shape index (κ1) is 27.7. The number of nitrogens with zero attached hydrogens (tertiary/aromatic N) is 2. The minimum atomic E-state index is -4.89. The van der Waals surface area contributed by atoms with Crippen LogP contribution in [0.4, 0.5) is 23.2 Å². The average molecular weight is 530 g/mol. The summed E-state index contributed by atoms with van der Waals surface area (Å²) >= 11 is 5.92. The Morgan fingerprint density at radius 1 is 1.19 bits per heavy atom. The van der Waals surface area contributed by atoms with Gasteiger partial charge in [-0.25, -0.2) is 4.39 Å². The van der Waals surface area contributed by atoms with Gasteiger partial charge in [0.25, 0.3) is 5.91 Å². The van der Waals surface area contributed by atoms with Crippen molar-refractivity contribution in [2.45, 2.75) is 39.2 Å². The Hall–Kier alpha value is -2.85. The number of amides is 2. The highest BCUT2D eigenvalue weighted by Gasteiger charge is 2.38. The van der Waals surface area contributed by atoms with E-state index in [9.17, 15) is 27.2 Å². The fraction of sp³-hybridized carbons (Fsp3) is 0.440. The topological polar surface area (TPSA) is 61.9 Å². The molecule has 0 aliphatic carbocycles. The highest BCUT2D eigenvalue weighted by atomic mass is 35.5. The van der Waals surface area contributed by atoms with Crippen LogP contribution in [0.1, 0.15) is 31.0 Å². The van der Waals surface area contributed by atoms with Gasteiger partial charge in [-0.15, -0.1) is 24.8 Å². The normalized spacial score (nSPS) is 17.1. The van der Waals surface area contributed by atoms with Gasteiger partial charge in [-0.05, 0) is 54.3 Å². The first-order chi connectivity index (χ1) is 16.9. The van der Waals surface area contributed by atoms with Gasteiger partial charge in [0, 0.05) is 31.4 Å². The molecular weight excluding hydrogens is 502 g/mol. The Kier molecular flexibility index (Phi) is 8.84. The maximum atomic E-state index is 13.9. The summed E-state index contributed by atoms with van der Waals surface area (Å²) in [5.74, 6) is -2.26. The fourth-order valence-electron chi connectivity index (χ4n) is 4.22. The van der Waals surface area contributed by atoms with Crippen LogP contribution in [-0.2, 0) is 9.59 Å². The minimum absolute atomic E-state index is 0.0364. The van der Waals surface area contributed by atoms with Crippen molar-refractivity contribution in [1.29, 1.82) is 0 Å². The molecule has 0 bridgehead atoms. The lowest BCUT2D eigenvalue weighted by Crippen LogP contribution is -2.57. The Morgan fingerprint density at radius 3 is 2.42 bits per heavy atom. The lowest BCUT2D eigenvalue weighted by molar-refractivity contribution is -0.274. The minimum Gasteiger partial charge on any atom is -0.406 e. The second-order valence-corrected chi connectivity index (χ2v) is 9.20. The van der Waals surface area contributed by atoms with Gasteiger partial charge in [0.15, 0.2) is 0 Å². The van der Waals surface area contributed by atoms with Crippen LogP contribution < -0.4 is 15.0 Å². The Bertz CT molecular complexity index is 1080. The van der Waals surface area contributed by atoms with Crippen LogP contribution in [0.5, 0.6) is 5.75 Å². The number of carbonyl (C=O) groups excluding carboxylic acids is 2. The molecule has 1 heterocycles. The predicted octanol–water partition coefficient (Wildman–Crippen LogP) is 4.80. The lowest BCUT2D eigenvalue weighted by Gasteiger charge is -2.40. The molecule has 196 valence electrons. The van der Waals surface area contributed by atoms with Crippen LogP contribution in [0.15, 0.2) is 42.5 Å². The summed E-state index contributed by atoms with van der Waals surface area (Å²) < 4.78 is 55.8. The number of halogens is 5. The van der Waals surface area contributed by atoms with E-state index in [1.165, 1.54) is 42.2 Å². The summed E-state index contributed by atoms with van der Waals surface area (Å²) in [6, 6.07) is 7.47. The summed E-state index contributed by atoms with van der Waals surface area (Å²) in [5, 5.41) is 3.37. The third kappa shape index (κ3) is 6.67. The standard InChI is InChI=1S/C25H28ClF4N3O3/c1-15(2)20-14-32(11-10-31-20)24(35)23(17-4-6-18(27)7-5-17)33(22(34)13-26)21-9-8-19(12-16(21)3)36-25(28,29)30/h4-9,12,15,20,23,31H,10-11,13-14H2,1-3H3/t20?,23-/m0/s1. The van der Waals surface area contributed by atoms with Crippen LogP contribution >= 0.6 is 11.6 Å². The molecule has 1 aliphatic heterocycles. The first-order valence-electron chi connectivity index (χ1n) is 11.4. The van der Waals surface area contributed by atoms with Crippen molar-refractivity contribution < 1.29 is 31.9 Å². The van der Waals surface area contributed by atoms with E-state index >= 15 is 0 Å². The largest absolute Gasteiger partial charge is 0.573 e. The van der Waals surface area contributed by atoms with Crippen molar-refractivity contribution in [1.82, 2.24) is 10.2 Å². The maximum Gasteiger partial charge on any atom is 0.573 e. The van der Waals surface area contributed by atoms with Crippen molar-refractivity contribution in [3.63, 3.8) is 0 Å². The summed E-state index contributed by atoms with van der Waals surface area (Å²) in [6.07, 6.45) is -4.89. The van der Waals surface area contributed by atoms with Crippen LogP contribution in [-0.4, -0.2) is 54.6 Å². The number of carbonyl (C=O) groups is 2. The van der Waals surface area contributed by atoms with Crippen LogP contribution in [0.3, 0.4) is 0 Å². The number of ether oxygens (including phenoxy) is 1. The van der Waals surface area contributed by atoms with E-state index in [1.54, 1.807) is 4.90 Å². The van der Waals surface area contributed by atoms with Gasteiger partial charge in [0.2, 0.25) is 5.91 Å². The molecular formula is C25H28ClF4N3O3. The van der Waals surface area contributed by atoms with Crippen molar-refractivity contribution >= 4 is 29.1 Å². The fourth-order valence-corrected chi connectivity index (χ4v) is 4.35. The number of alkyl halides is 4. The number of hydrogen-bond acceptors (Lipinski definition) is 4. The molecule has 6 nitrogen and oxygen atoms in total. The smallest absolute Gasteiger partial charge is 0.406 e. The lowest BCUT2D eigenvalue weighted by atomic mass is 9.98. The van der Waals surface area contributed by atoms with E-state index in [0.29, 0.717) is 25.2 Å². The van der Waals surface area contributed by atoms with E-state index in [1.807, 2.05) is 13.8 Å². The molecule has 0 radical (unpaired) electrons. The molecule has 0 spiro atoms. The quantitative estimate of drug-likeness (QED) is 0.413. The Labute approximate surface area is 212 Å². The zero-order valence-corrected chi connectivity index (χ0v) is 20.9. The van der Waals surface area contributed by atoms with Gasteiger partial charge in [-0.3, -0.25) is 14.5 Å². The third-order valence-corrected chi connectivity index (χ3v) is 6.27. The number of piperazine rings is 1. The summed E-state index contributed by atoms with van der Waals surface area (Å²) in [5.41, 5.74) is 0.790. The van der Waals surface area contributed by atoms with Gasteiger partial charge in [-0.2, -0.15) is 0 Å². The molecule has 1 N–H and O–H groups in total. The van der Waals surface area contributed by atoms with Gasteiger partial charge >= 0.3 is 6.36 Å². The average Bonchev–Trinajstić information content (AvgIpc) is 2.82. The third-order valence-electron chi connectivity index (χ3n) is 6.04. The number of nitrogens with one attached hydrogen (secondary N) is 1. The number of aryl methyl sites for hydroxylation is 1. The molecule has 2 atom stereocenters. The predicted molar refractivity (Wildman–Crippen MR) is 128 cm³/mol. The highest BCUT2D eigenvalue weighted by Crippen LogP contribution is 2.35. The molecule has 0 aromatic heterocycles. The highest BCUT2D eigenvalue weighted by molar-refractivity contribution is 6.30. The van der Waals surface area contributed by atoms with Crippen LogP contribution in [0.2, 0.25) is 0 Å². The zero-order valence-electron chi connectivity index (χ0n) is 20.1. The van der Waals surface area contributed by atoms with E-state index in [0.717, 1.165) is 12.1 Å². The molecule has 3 rings (SSSR count). The van der Waals surface area contributed by atoms with E-state index in [2.05, 4.69) is 10.1 Å². The number of rotatable bonds is 7. The van der Waals surface area contributed by atoms with Crippen molar-refractivity contribution in [2.24, 2.45) is 5.92 Å². The Balaban J connectivity index is 2.09. The first-order valence-corrected chi connectivity index (χ1v) is 12.0. The molecule has 1 unspecified atom stereocenters. The molecule has 2 aromatic rings. The number of anilines is 1. The van der Waals surface area contributed by atoms with Crippen molar-refractivity contribution in [2.75, 3.05) is 30.4 Å². The van der Waals surface area contributed by atoms with Crippen LogP contribution in [0, 0.1) is 18.7 Å². The summed E-state index contributed by atoms with van der Waals surface area (Å²) in [4.78, 5) is 29.9. The maximum absolute atomic E-state index is 13.9. The van der Waals surface area contributed by atoms with Gasteiger partial charge in [-0.1, -0.05) is 26.0 Å². The van der Waals surface area contributed by atoms with E-state index in [4.69, 9.17) is 11.6 Å². The molecule has 36 heavy (non-hydrogen) atoms. The zero-order chi connectivity index (χ0) is 26.6. The molecule has 2 aromatic carbocycles. The summed E-state index contributed by atoms with van der Waals surface area (Å²) in [6.45, 7) is 6.89. The Morgan fingerprint density at radius 2 is 1.86 bits per heavy atom. The van der Waals surface area contributed by atoms with Gasteiger partial charge < -0.3 is 15.0 Å². The molecule has 1 aliphatic rings. The van der Waals surface area contributed by atoms with Crippen LogP contribution in [0.25, 0.3) is 0 Å². The molecule has 1 saturated heterocycles. The van der Waals surface area contributed by atoms with Crippen molar-refractivity contribution in [3.8, 4) is 5.75 Å². The van der Waals surface area contributed by atoms with Gasteiger partial charge in [0.1, 0.15) is 23.5 Å². The molecule has 2 amide bonds. The molecule has 0 saturated carbocycles. The van der Waals surface area contributed by atoms with E-state index in [-0.39, 0.29) is 23.2 Å². The molecule has 1 fully saturated rings. The van der Waals surface area contributed by atoms with Gasteiger partial charge in [0.05, 0.1) is 0 Å². The van der Waals surface area contributed by atoms with E-state index < -0.39 is 41.7 Å². The van der Waals surface area contributed by atoms with Crippen molar-refractivity contribution in [3.05, 3.63) is 59.4 Å². The molecule has 11 heteroatoms. The monoisotopic (exact) mass is 529 g/mol. The second kappa shape index (κ2) is 11.5. The number of hydrogen-bond donors (Lipinski definition) is 1. The summed E-state index contributed by atoms with van der Waals surface area (Å²) in [7, 11) is 0. The number of benzene rings is 2. The second-order valence-electron chi connectivity index (χ2n) is 8.94. The SMILES string of the molecule is Cc1cc(OC(F)(F)F)ccc1N(C(=O)CCl)[C@H](C(=O)N1CCNC(C(C)C)C1)c1ccc(F)cc1.